The molecule has 0 saturated carbocycles. The molecule has 0 amide bonds. The van der Waals surface area contributed by atoms with Crippen LogP contribution in [0, 0.1) is 0 Å². The van der Waals surface area contributed by atoms with Gasteiger partial charge in [0, 0.05) is 12.1 Å². The number of hydrogen-bond acceptors (Lipinski definition) is 3. The standard InChI is InChI=1S/C19H31NO2.ClH/c1-5-8-9-10-12-20-15-16-13-17(11-6-2)19(22-7-3)18(14-16)21-4;/h6,13-14,20H,2,5,7-12,15H2,1,3-4H3;1H. The minimum atomic E-state index is 0. The highest BCUT2D eigenvalue weighted by atomic mass is 35.5. The second-order valence-corrected chi connectivity index (χ2v) is 5.45. The van der Waals surface area contributed by atoms with Gasteiger partial charge in [-0.25, -0.2) is 0 Å². The van der Waals surface area contributed by atoms with Crippen LogP contribution in [0.4, 0.5) is 0 Å². The third kappa shape index (κ3) is 7.76. The number of halogens is 1. The fourth-order valence-electron chi connectivity index (χ4n) is 2.50. The van der Waals surface area contributed by atoms with Crippen LogP contribution in [0.1, 0.15) is 50.7 Å². The van der Waals surface area contributed by atoms with Gasteiger partial charge in [-0.3, -0.25) is 0 Å². The third-order valence-corrected chi connectivity index (χ3v) is 3.60. The Hall–Kier alpha value is -1.19. The quantitative estimate of drug-likeness (QED) is 0.432. The molecule has 132 valence electrons. The predicted molar refractivity (Wildman–Crippen MR) is 101 cm³/mol. The lowest BCUT2D eigenvalue weighted by molar-refractivity contribution is 0.308. The number of rotatable bonds is 12. The van der Waals surface area contributed by atoms with Crippen LogP contribution in [0.3, 0.4) is 0 Å². The molecule has 0 saturated heterocycles. The largest absolute Gasteiger partial charge is 0.493 e. The highest BCUT2D eigenvalue weighted by Gasteiger charge is 2.12. The molecule has 0 fully saturated rings. The van der Waals surface area contributed by atoms with Crippen molar-refractivity contribution in [1.29, 1.82) is 0 Å². The summed E-state index contributed by atoms with van der Waals surface area (Å²) in [6.45, 7) is 10.6. The normalized spacial score (nSPS) is 10.0. The van der Waals surface area contributed by atoms with Gasteiger partial charge in [-0.1, -0.05) is 38.3 Å². The lowest BCUT2D eigenvalue weighted by Crippen LogP contribution is -2.15. The van der Waals surface area contributed by atoms with E-state index in [0.717, 1.165) is 36.6 Å². The first-order valence-electron chi connectivity index (χ1n) is 8.40. The van der Waals surface area contributed by atoms with E-state index in [2.05, 4.69) is 31.0 Å². The van der Waals surface area contributed by atoms with Gasteiger partial charge in [-0.15, -0.1) is 19.0 Å². The number of methoxy groups -OCH3 is 1. The Labute approximate surface area is 147 Å². The summed E-state index contributed by atoms with van der Waals surface area (Å²) in [6, 6.07) is 4.25. The lowest BCUT2D eigenvalue weighted by atomic mass is 10.1. The summed E-state index contributed by atoms with van der Waals surface area (Å²) >= 11 is 0. The summed E-state index contributed by atoms with van der Waals surface area (Å²) in [4.78, 5) is 0. The Balaban J connectivity index is 0.00000484. The van der Waals surface area contributed by atoms with Crippen molar-refractivity contribution in [3.05, 3.63) is 35.9 Å². The number of benzene rings is 1. The van der Waals surface area contributed by atoms with E-state index in [1.807, 2.05) is 13.0 Å². The van der Waals surface area contributed by atoms with E-state index in [1.54, 1.807) is 7.11 Å². The van der Waals surface area contributed by atoms with E-state index in [9.17, 15) is 0 Å². The maximum atomic E-state index is 5.74. The fourth-order valence-corrected chi connectivity index (χ4v) is 2.50. The lowest BCUT2D eigenvalue weighted by Gasteiger charge is -2.16. The van der Waals surface area contributed by atoms with Crippen molar-refractivity contribution in [3.63, 3.8) is 0 Å². The van der Waals surface area contributed by atoms with Gasteiger partial charge in [0.2, 0.25) is 0 Å². The van der Waals surface area contributed by atoms with Gasteiger partial charge in [-0.05, 0) is 37.9 Å². The van der Waals surface area contributed by atoms with Gasteiger partial charge < -0.3 is 14.8 Å². The molecule has 1 rings (SSSR count). The number of allylic oxidation sites excluding steroid dienone is 1. The summed E-state index contributed by atoms with van der Waals surface area (Å²) in [7, 11) is 1.69. The maximum Gasteiger partial charge on any atom is 0.164 e. The van der Waals surface area contributed by atoms with Gasteiger partial charge in [0.05, 0.1) is 13.7 Å². The highest BCUT2D eigenvalue weighted by Crippen LogP contribution is 2.33. The van der Waals surface area contributed by atoms with Crippen LogP contribution < -0.4 is 14.8 Å². The second-order valence-electron chi connectivity index (χ2n) is 5.45. The van der Waals surface area contributed by atoms with Crippen LogP contribution in [0.15, 0.2) is 24.8 Å². The molecule has 0 bridgehead atoms. The molecule has 0 atom stereocenters. The number of ether oxygens (including phenoxy) is 2. The Bertz CT molecular complexity index is 449. The maximum absolute atomic E-state index is 5.74. The van der Waals surface area contributed by atoms with Gasteiger partial charge in [0.15, 0.2) is 11.5 Å². The number of unbranched alkanes of at least 4 members (excludes halogenated alkanes) is 3. The molecule has 1 aromatic carbocycles. The van der Waals surface area contributed by atoms with Crippen LogP contribution in [0.25, 0.3) is 0 Å². The van der Waals surface area contributed by atoms with Crippen molar-refractivity contribution in [2.45, 2.75) is 52.5 Å². The average molecular weight is 342 g/mol. The molecule has 0 heterocycles. The zero-order chi connectivity index (χ0) is 16.2. The van der Waals surface area contributed by atoms with Crippen molar-refractivity contribution in [2.75, 3.05) is 20.3 Å². The van der Waals surface area contributed by atoms with Gasteiger partial charge in [0.1, 0.15) is 0 Å². The van der Waals surface area contributed by atoms with E-state index in [4.69, 9.17) is 9.47 Å². The Morgan fingerprint density at radius 1 is 1.17 bits per heavy atom. The summed E-state index contributed by atoms with van der Waals surface area (Å²) in [6.07, 6.45) is 7.83. The zero-order valence-corrected chi connectivity index (χ0v) is 15.6. The smallest absolute Gasteiger partial charge is 0.164 e. The van der Waals surface area contributed by atoms with Gasteiger partial charge in [0.25, 0.3) is 0 Å². The molecule has 0 aliphatic rings. The van der Waals surface area contributed by atoms with Crippen molar-refractivity contribution in [2.24, 2.45) is 0 Å². The average Bonchev–Trinajstić information content (AvgIpc) is 2.53. The molecule has 0 aromatic heterocycles. The monoisotopic (exact) mass is 341 g/mol. The number of nitrogens with one attached hydrogen (secondary N) is 1. The van der Waals surface area contributed by atoms with Gasteiger partial charge in [-0.2, -0.15) is 0 Å². The Kier molecular flexibility index (Phi) is 12.6. The zero-order valence-electron chi connectivity index (χ0n) is 14.8. The minimum absolute atomic E-state index is 0. The van der Waals surface area contributed by atoms with E-state index in [0.29, 0.717) is 6.61 Å². The SMILES string of the molecule is C=CCc1cc(CNCCCCCC)cc(OC)c1OCC.Cl. The van der Waals surface area contributed by atoms with Crippen LogP contribution >= 0.6 is 12.4 Å². The molecule has 1 aromatic rings. The summed E-state index contributed by atoms with van der Waals surface area (Å²) in [5, 5.41) is 3.51. The Morgan fingerprint density at radius 2 is 1.96 bits per heavy atom. The second kappa shape index (κ2) is 13.3. The van der Waals surface area contributed by atoms with Crippen LogP contribution in [0.5, 0.6) is 11.5 Å². The Morgan fingerprint density at radius 3 is 2.57 bits per heavy atom. The van der Waals surface area contributed by atoms with Gasteiger partial charge >= 0.3 is 0 Å². The first-order valence-corrected chi connectivity index (χ1v) is 8.40. The molecule has 0 aliphatic carbocycles. The van der Waals surface area contributed by atoms with Crippen molar-refractivity contribution in [3.8, 4) is 11.5 Å². The molecule has 3 nitrogen and oxygen atoms in total. The van der Waals surface area contributed by atoms with Crippen molar-refractivity contribution in [1.82, 2.24) is 5.32 Å². The molecule has 0 radical (unpaired) electrons. The van der Waals surface area contributed by atoms with E-state index < -0.39 is 0 Å². The molecule has 23 heavy (non-hydrogen) atoms. The third-order valence-electron chi connectivity index (χ3n) is 3.60. The molecule has 4 heteroatoms. The first kappa shape index (κ1) is 21.8. The molecule has 0 aliphatic heterocycles. The highest BCUT2D eigenvalue weighted by molar-refractivity contribution is 5.85. The van der Waals surface area contributed by atoms with E-state index in [-0.39, 0.29) is 12.4 Å². The van der Waals surface area contributed by atoms with Crippen molar-refractivity contribution >= 4 is 12.4 Å². The molecule has 0 spiro atoms. The van der Waals surface area contributed by atoms with E-state index >= 15 is 0 Å². The summed E-state index contributed by atoms with van der Waals surface area (Å²) in [5.74, 6) is 1.65. The molecular weight excluding hydrogens is 310 g/mol. The predicted octanol–water partition coefficient (Wildman–Crippen LogP) is 4.91. The molecule has 0 unspecified atom stereocenters. The summed E-state index contributed by atoms with van der Waals surface area (Å²) < 4.78 is 11.2. The summed E-state index contributed by atoms with van der Waals surface area (Å²) in [5.41, 5.74) is 2.37. The van der Waals surface area contributed by atoms with Crippen LogP contribution in [-0.4, -0.2) is 20.3 Å². The van der Waals surface area contributed by atoms with E-state index in [1.165, 1.54) is 31.2 Å². The first-order chi connectivity index (χ1) is 10.8. The van der Waals surface area contributed by atoms with Crippen LogP contribution in [0.2, 0.25) is 0 Å². The minimum Gasteiger partial charge on any atom is -0.493 e. The number of hydrogen-bond donors (Lipinski definition) is 1. The van der Waals surface area contributed by atoms with Crippen LogP contribution in [-0.2, 0) is 13.0 Å². The van der Waals surface area contributed by atoms with Crippen molar-refractivity contribution < 1.29 is 9.47 Å². The fraction of sp³-hybridized carbons (Fsp3) is 0.579. The molecule has 1 N–H and O–H groups in total. The topological polar surface area (TPSA) is 30.5 Å². The molecular formula is C19H32ClNO2.